The molecule has 0 aromatic heterocycles. The lowest BCUT2D eigenvalue weighted by atomic mass is 10.1. The van der Waals surface area contributed by atoms with E-state index in [1.165, 1.54) is 0 Å². The molecule has 1 aromatic carbocycles. The minimum atomic E-state index is -1.30. The summed E-state index contributed by atoms with van der Waals surface area (Å²) >= 11 is 5.88. The Bertz CT molecular complexity index is 519. The van der Waals surface area contributed by atoms with Crippen LogP contribution >= 0.6 is 11.6 Å². The molecule has 8 heteroatoms. The number of nitro benzene ring substituents is 1. The number of aliphatic hydroxyl groups excluding tert-OH is 1. The van der Waals surface area contributed by atoms with Crippen molar-refractivity contribution < 1.29 is 19.9 Å². The summed E-state index contributed by atoms with van der Waals surface area (Å²) in [5, 5.41) is 31.7. The number of anilines is 1. The molecule has 1 rings (SSSR count). The predicted octanol–water partition coefficient (Wildman–Crippen LogP) is 2.52. The van der Waals surface area contributed by atoms with Gasteiger partial charge in [-0.05, 0) is 19.8 Å². The van der Waals surface area contributed by atoms with Crippen molar-refractivity contribution in [1.82, 2.24) is 0 Å². The van der Waals surface area contributed by atoms with Crippen molar-refractivity contribution in [2.75, 3.05) is 11.9 Å². The van der Waals surface area contributed by atoms with Gasteiger partial charge >= 0.3 is 5.97 Å². The summed E-state index contributed by atoms with van der Waals surface area (Å²) in [6, 6.07) is 2.07. The standard InChI is InChI=1S/C12H15ClN2O5/c1-7(16)3-2-4-14-11-9(12(17)18)5-8(15(19)20)6-10(11)13/h5-7,14,16H,2-4H2,1H3,(H,17,18). The smallest absolute Gasteiger partial charge is 0.338 e. The molecule has 110 valence electrons. The second kappa shape index (κ2) is 7.06. The maximum absolute atomic E-state index is 11.1. The number of carboxylic acids is 1. The second-order valence-electron chi connectivity index (χ2n) is 4.33. The van der Waals surface area contributed by atoms with Crippen LogP contribution in [0.4, 0.5) is 11.4 Å². The molecule has 20 heavy (non-hydrogen) atoms. The molecular weight excluding hydrogens is 288 g/mol. The Morgan fingerprint density at radius 1 is 1.55 bits per heavy atom. The van der Waals surface area contributed by atoms with Gasteiger partial charge in [-0.1, -0.05) is 11.6 Å². The first kappa shape index (κ1) is 16.2. The molecule has 0 heterocycles. The number of non-ortho nitro benzene ring substituents is 1. The fourth-order valence-electron chi connectivity index (χ4n) is 1.66. The van der Waals surface area contributed by atoms with Crippen LogP contribution < -0.4 is 5.32 Å². The zero-order chi connectivity index (χ0) is 15.3. The number of rotatable bonds is 7. The summed E-state index contributed by atoms with van der Waals surface area (Å²) in [6.45, 7) is 2.06. The van der Waals surface area contributed by atoms with Crippen molar-refractivity contribution in [1.29, 1.82) is 0 Å². The Hall–Kier alpha value is -1.86. The zero-order valence-electron chi connectivity index (χ0n) is 10.8. The molecule has 0 spiro atoms. The largest absolute Gasteiger partial charge is 0.478 e. The molecule has 1 aromatic rings. The normalized spacial score (nSPS) is 11.9. The first-order valence-electron chi connectivity index (χ1n) is 5.96. The summed E-state index contributed by atoms with van der Waals surface area (Å²) in [5.74, 6) is -1.30. The van der Waals surface area contributed by atoms with E-state index >= 15 is 0 Å². The Morgan fingerprint density at radius 3 is 2.70 bits per heavy atom. The van der Waals surface area contributed by atoms with E-state index in [1.807, 2.05) is 0 Å². The minimum absolute atomic E-state index is 0.0198. The van der Waals surface area contributed by atoms with E-state index in [1.54, 1.807) is 6.92 Å². The maximum Gasteiger partial charge on any atom is 0.338 e. The van der Waals surface area contributed by atoms with Crippen molar-refractivity contribution >= 4 is 28.9 Å². The number of nitrogens with one attached hydrogen (secondary N) is 1. The lowest BCUT2D eigenvalue weighted by molar-refractivity contribution is -0.384. The lowest BCUT2D eigenvalue weighted by Gasteiger charge is -2.12. The monoisotopic (exact) mass is 302 g/mol. The molecule has 0 aliphatic rings. The number of benzene rings is 1. The Kier molecular flexibility index (Phi) is 5.72. The number of carboxylic acid groups (broad SMARTS) is 1. The van der Waals surface area contributed by atoms with E-state index in [-0.39, 0.29) is 22.0 Å². The molecule has 7 nitrogen and oxygen atoms in total. The summed E-state index contributed by atoms with van der Waals surface area (Å²) in [7, 11) is 0. The van der Waals surface area contributed by atoms with Gasteiger partial charge in [0.25, 0.3) is 5.69 Å². The third-order valence-electron chi connectivity index (χ3n) is 2.62. The first-order valence-corrected chi connectivity index (χ1v) is 6.34. The molecule has 1 atom stereocenters. The van der Waals surface area contributed by atoms with Crippen molar-refractivity contribution in [2.45, 2.75) is 25.9 Å². The Morgan fingerprint density at radius 2 is 2.20 bits per heavy atom. The zero-order valence-corrected chi connectivity index (χ0v) is 11.6. The van der Waals surface area contributed by atoms with Crippen LogP contribution in [0.2, 0.25) is 5.02 Å². The van der Waals surface area contributed by atoms with Gasteiger partial charge in [-0.25, -0.2) is 4.79 Å². The van der Waals surface area contributed by atoms with E-state index < -0.39 is 17.0 Å². The molecular formula is C12H15ClN2O5. The highest BCUT2D eigenvalue weighted by molar-refractivity contribution is 6.34. The average Bonchev–Trinajstić information content (AvgIpc) is 2.34. The number of nitrogens with zero attached hydrogens (tertiary/aromatic N) is 1. The van der Waals surface area contributed by atoms with Crippen LogP contribution in [0.15, 0.2) is 12.1 Å². The average molecular weight is 303 g/mol. The van der Waals surface area contributed by atoms with E-state index in [0.29, 0.717) is 19.4 Å². The quantitative estimate of drug-likeness (QED) is 0.405. The number of carbonyl (C=O) groups is 1. The summed E-state index contributed by atoms with van der Waals surface area (Å²) in [4.78, 5) is 21.1. The molecule has 0 saturated heterocycles. The van der Waals surface area contributed by atoms with Gasteiger partial charge in [0, 0.05) is 18.7 Å². The van der Waals surface area contributed by atoms with E-state index in [2.05, 4.69) is 5.32 Å². The highest BCUT2D eigenvalue weighted by Crippen LogP contribution is 2.31. The van der Waals surface area contributed by atoms with Gasteiger partial charge in [0.15, 0.2) is 0 Å². The van der Waals surface area contributed by atoms with E-state index in [4.69, 9.17) is 21.8 Å². The van der Waals surface area contributed by atoms with Gasteiger partial charge < -0.3 is 15.5 Å². The topological polar surface area (TPSA) is 113 Å². The van der Waals surface area contributed by atoms with Gasteiger partial charge in [0.2, 0.25) is 0 Å². The van der Waals surface area contributed by atoms with Gasteiger partial charge in [0.1, 0.15) is 0 Å². The van der Waals surface area contributed by atoms with Gasteiger partial charge in [-0.2, -0.15) is 0 Å². The third-order valence-corrected chi connectivity index (χ3v) is 2.91. The number of aromatic carboxylic acids is 1. The highest BCUT2D eigenvalue weighted by Gasteiger charge is 2.19. The van der Waals surface area contributed by atoms with E-state index in [0.717, 1.165) is 12.1 Å². The van der Waals surface area contributed by atoms with Gasteiger partial charge in [0.05, 0.1) is 27.3 Å². The second-order valence-corrected chi connectivity index (χ2v) is 4.74. The summed E-state index contributed by atoms with van der Waals surface area (Å²) in [5.41, 5.74) is -0.474. The van der Waals surface area contributed by atoms with Crippen molar-refractivity contribution in [2.24, 2.45) is 0 Å². The van der Waals surface area contributed by atoms with Crippen molar-refractivity contribution in [3.63, 3.8) is 0 Å². The van der Waals surface area contributed by atoms with E-state index in [9.17, 15) is 14.9 Å². The van der Waals surface area contributed by atoms with Gasteiger partial charge in [-0.15, -0.1) is 0 Å². The summed E-state index contributed by atoms with van der Waals surface area (Å²) in [6.07, 6.45) is 0.729. The number of hydrogen-bond acceptors (Lipinski definition) is 5. The molecule has 0 saturated carbocycles. The van der Waals surface area contributed by atoms with Crippen molar-refractivity contribution in [3.05, 3.63) is 32.8 Å². The SMILES string of the molecule is CC(O)CCCNc1c(Cl)cc([N+](=O)[O-])cc1C(=O)O. The number of hydrogen-bond donors (Lipinski definition) is 3. The Balaban J connectivity index is 2.94. The maximum atomic E-state index is 11.1. The van der Waals surface area contributed by atoms with Crippen molar-refractivity contribution in [3.8, 4) is 0 Å². The molecule has 3 N–H and O–H groups in total. The van der Waals surface area contributed by atoms with Crippen LogP contribution in [0.1, 0.15) is 30.1 Å². The number of nitro groups is 1. The molecule has 0 radical (unpaired) electrons. The predicted molar refractivity (Wildman–Crippen MR) is 74.5 cm³/mol. The molecule has 0 bridgehead atoms. The number of aliphatic hydroxyl groups is 1. The van der Waals surface area contributed by atoms with Crippen LogP contribution in [0.3, 0.4) is 0 Å². The van der Waals surface area contributed by atoms with Gasteiger partial charge in [-0.3, -0.25) is 10.1 Å². The molecule has 1 unspecified atom stereocenters. The van der Waals surface area contributed by atoms with Crippen LogP contribution in [-0.2, 0) is 0 Å². The van der Waals surface area contributed by atoms with Crippen LogP contribution in [-0.4, -0.2) is 33.8 Å². The van der Waals surface area contributed by atoms with Crippen LogP contribution in [0.5, 0.6) is 0 Å². The Labute approximate surface area is 120 Å². The minimum Gasteiger partial charge on any atom is -0.478 e. The fraction of sp³-hybridized carbons (Fsp3) is 0.417. The van der Waals surface area contributed by atoms with Crippen LogP contribution in [0.25, 0.3) is 0 Å². The highest BCUT2D eigenvalue weighted by atomic mass is 35.5. The molecule has 0 fully saturated rings. The molecule has 0 aliphatic carbocycles. The van der Waals surface area contributed by atoms with Crippen LogP contribution in [0, 0.1) is 10.1 Å². The third kappa shape index (κ3) is 4.36. The molecule has 0 amide bonds. The first-order chi connectivity index (χ1) is 9.32. The fourth-order valence-corrected chi connectivity index (χ4v) is 1.94. The summed E-state index contributed by atoms with van der Waals surface area (Å²) < 4.78 is 0. The number of halogens is 1. The molecule has 0 aliphatic heterocycles. The lowest BCUT2D eigenvalue weighted by Crippen LogP contribution is -2.11.